The van der Waals surface area contributed by atoms with Gasteiger partial charge in [-0.15, -0.1) is 0 Å². The molecule has 1 amide bonds. The first-order chi connectivity index (χ1) is 9.70. The average Bonchev–Trinajstić information content (AvgIpc) is 2.45. The second-order valence-corrected chi connectivity index (χ2v) is 4.38. The van der Waals surface area contributed by atoms with Crippen molar-refractivity contribution in [1.29, 1.82) is 0 Å². The number of benzene rings is 2. The Bertz CT molecular complexity index is 681. The van der Waals surface area contributed by atoms with E-state index in [-0.39, 0.29) is 12.5 Å². The lowest BCUT2D eigenvalue weighted by Crippen LogP contribution is -2.13. The van der Waals surface area contributed by atoms with Crippen LogP contribution in [0, 0.1) is 18.8 Å². The smallest absolute Gasteiger partial charge is 0.256 e. The van der Waals surface area contributed by atoms with Gasteiger partial charge in [0, 0.05) is 11.3 Å². The molecule has 0 aliphatic rings. The molecule has 0 radical (unpaired) electrons. The van der Waals surface area contributed by atoms with Gasteiger partial charge >= 0.3 is 0 Å². The summed E-state index contributed by atoms with van der Waals surface area (Å²) >= 11 is 0. The monoisotopic (exact) mass is 264 g/mol. The highest BCUT2D eigenvalue weighted by molar-refractivity contribution is 6.06. The molecule has 2 aromatic carbocycles. The molecule has 2 rings (SSSR count). The van der Waals surface area contributed by atoms with Crippen LogP contribution in [0.25, 0.3) is 0 Å². The molecule has 0 atom stereocenters. The number of rotatable bonds is 2. The Morgan fingerprint density at radius 1 is 1.20 bits per heavy atom. The van der Waals surface area contributed by atoms with Crippen molar-refractivity contribution in [2.45, 2.75) is 6.92 Å². The van der Waals surface area contributed by atoms with Crippen LogP contribution in [0.3, 0.4) is 0 Å². The number of anilines is 1. The minimum absolute atomic E-state index is 0.169. The maximum atomic E-state index is 12.3. The van der Waals surface area contributed by atoms with Crippen LogP contribution < -0.4 is 11.1 Å². The van der Waals surface area contributed by atoms with E-state index in [9.17, 15) is 4.79 Å². The Balaban J connectivity index is 2.25. The van der Waals surface area contributed by atoms with Crippen molar-refractivity contribution >= 4 is 11.6 Å². The van der Waals surface area contributed by atoms with Crippen molar-refractivity contribution in [3.8, 4) is 11.8 Å². The minimum atomic E-state index is -0.169. The predicted molar refractivity (Wildman–Crippen MR) is 81.5 cm³/mol. The van der Waals surface area contributed by atoms with Gasteiger partial charge in [-0.3, -0.25) is 4.79 Å². The molecule has 0 fully saturated rings. The molecule has 0 unspecified atom stereocenters. The first kappa shape index (κ1) is 13.9. The maximum absolute atomic E-state index is 12.3. The molecule has 0 heterocycles. The van der Waals surface area contributed by atoms with Crippen LogP contribution in [0.2, 0.25) is 0 Å². The Hall–Kier alpha value is -2.57. The van der Waals surface area contributed by atoms with Gasteiger partial charge in [-0.05, 0) is 36.8 Å². The molecule has 3 N–H and O–H groups in total. The van der Waals surface area contributed by atoms with E-state index in [1.54, 1.807) is 6.07 Å². The average molecular weight is 264 g/mol. The summed E-state index contributed by atoms with van der Waals surface area (Å²) in [4.78, 5) is 12.3. The SMILES string of the molecule is Cc1cccc(NC(=O)c2ccccc2C#CCN)c1. The van der Waals surface area contributed by atoms with E-state index < -0.39 is 0 Å². The van der Waals surface area contributed by atoms with Gasteiger partial charge in [0.15, 0.2) is 0 Å². The second kappa shape index (κ2) is 6.55. The Morgan fingerprint density at radius 2 is 2.00 bits per heavy atom. The van der Waals surface area contributed by atoms with E-state index in [1.807, 2.05) is 49.4 Å². The Kier molecular flexibility index (Phi) is 4.54. The van der Waals surface area contributed by atoms with Gasteiger partial charge in [0.1, 0.15) is 0 Å². The Morgan fingerprint density at radius 3 is 2.75 bits per heavy atom. The lowest BCUT2D eigenvalue weighted by atomic mass is 10.1. The zero-order chi connectivity index (χ0) is 14.4. The van der Waals surface area contributed by atoms with Crippen molar-refractivity contribution in [2.75, 3.05) is 11.9 Å². The molecule has 3 heteroatoms. The molecule has 0 aliphatic heterocycles. The molecule has 0 saturated heterocycles. The largest absolute Gasteiger partial charge is 0.322 e. The van der Waals surface area contributed by atoms with Gasteiger partial charge in [0.2, 0.25) is 0 Å². The lowest BCUT2D eigenvalue weighted by molar-refractivity contribution is 0.102. The third kappa shape index (κ3) is 3.47. The number of carbonyl (C=O) groups is 1. The number of amides is 1. The van der Waals surface area contributed by atoms with E-state index in [4.69, 9.17) is 5.73 Å². The molecule has 0 spiro atoms. The number of hydrogen-bond acceptors (Lipinski definition) is 2. The summed E-state index contributed by atoms with van der Waals surface area (Å²) in [6.07, 6.45) is 0. The Labute approximate surface area is 118 Å². The predicted octanol–water partition coefficient (Wildman–Crippen LogP) is 2.56. The van der Waals surface area contributed by atoms with Crippen molar-refractivity contribution in [1.82, 2.24) is 0 Å². The van der Waals surface area contributed by atoms with Gasteiger partial charge in [-0.2, -0.15) is 0 Å². The van der Waals surface area contributed by atoms with Gasteiger partial charge in [-0.25, -0.2) is 0 Å². The van der Waals surface area contributed by atoms with E-state index in [2.05, 4.69) is 17.2 Å². The number of hydrogen-bond donors (Lipinski definition) is 2. The summed E-state index contributed by atoms with van der Waals surface area (Å²) in [5.74, 6) is 5.52. The highest BCUT2D eigenvalue weighted by Crippen LogP contribution is 2.13. The number of carbonyl (C=O) groups excluding carboxylic acids is 1. The van der Waals surface area contributed by atoms with Crippen molar-refractivity contribution < 1.29 is 4.79 Å². The molecular formula is C17H16N2O. The highest BCUT2D eigenvalue weighted by Gasteiger charge is 2.09. The molecule has 20 heavy (non-hydrogen) atoms. The fourth-order valence-electron chi connectivity index (χ4n) is 1.86. The van der Waals surface area contributed by atoms with Gasteiger partial charge in [0.25, 0.3) is 5.91 Å². The van der Waals surface area contributed by atoms with E-state index in [0.29, 0.717) is 11.1 Å². The molecule has 0 bridgehead atoms. The van der Waals surface area contributed by atoms with E-state index >= 15 is 0 Å². The van der Waals surface area contributed by atoms with Gasteiger partial charge in [-0.1, -0.05) is 36.1 Å². The van der Waals surface area contributed by atoms with Crippen LogP contribution in [0.1, 0.15) is 21.5 Å². The lowest BCUT2D eigenvalue weighted by Gasteiger charge is -2.07. The van der Waals surface area contributed by atoms with Gasteiger partial charge < -0.3 is 11.1 Å². The van der Waals surface area contributed by atoms with Crippen molar-refractivity contribution in [3.05, 3.63) is 65.2 Å². The van der Waals surface area contributed by atoms with E-state index in [0.717, 1.165) is 11.3 Å². The summed E-state index contributed by atoms with van der Waals surface area (Å²) in [5.41, 5.74) is 8.47. The van der Waals surface area contributed by atoms with Crippen LogP contribution >= 0.6 is 0 Å². The number of nitrogens with one attached hydrogen (secondary N) is 1. The van der Waals surface area contributed by atoms with Gasteiger partial charge in [0.05, 0.1) is 12.1 Å². The second-order valence-electron chi connectivity index (χ2n) is 4.38. The summed E-state index contributed by atoms with van der Waals surface area (Å²) in [6.45, 7) is 2.25. The van der Waals surface area contributed by atoms with Crippen molar-refractivity contribution in [2.24, 2.45) is 5.73 Å². The first-order valence-electron chi connectivity index (χ1n) is 6.36. The molecule has 2 aromatic rings. The zero-order valence-corrected chi connectivity index (χ0v) is 11.3. The molecule has 0 aromatic heterocycles. The number of nitrogens with two attached hydrogens (primary N) is 1. The fourth-order valence-corrected chi connectivity index (χ4v) is 1.86. The quantitative estimate of drug-likeness (QED) is 0.819. The highest BCUT2D eigenvalue weighted by atomic mass is 16.1. The number of aryl methyl sites for hydroxylation is 1. The molecule has 100 valence electrons. The van der Waals surface area contributed by atoms with Crippen LogP contribution in [0.15, 0.2) is 48.5 Å². The molecule has 3 nitrogen and oxygen atoms in total. The normalized spacial score (nSPS) is 9.50. The summed E-state index contributed by atoms with van der Waals surface area (Å²) < 4.78 is 0. The minimum Gasteiger partial charge on any atom is -0.322 e. The fraction of sp³-hybridized carbons (Fsp3) is 0.118. The first-order valence-corrected chi connectivity index (χ1v) is 6.36. The third-order valence-corrected chi connectivity index (χ3v) is 2.77. The standard InChI is InChI=1S/C17H16N2O/c1-13-6-4-9-15(12-13)19-17(20)16-10-3-2-7-14(16)8-5-11-18/h2-4,6-7,9-10,12H,11,18H2,1H3,(H,19,20). The maximum Gasteiger partial charge on any atom is 0.256 e. The van der Waals surface area contributed by atoms with Crippen LogP contribution in [-0.4, -0.2) is 12.5 Å². The van der Waals surface area contributed by atoms with E-state index in [1.165, 1.54) is 0 Å². The summed E-state index contributed by atoms with van der Waals surface area (Å²) in [6, 6.07) is 14.9. The van der Waals surface area contributed by atoms with Crippen molar-refractivity contribution in [3.63, 3.8) is 0 Å². The summed E-state index contributed by atoms with van der Waals surface area (Å²) in [7, 11) is 0. The van der Waals surface area contributed by atoms with Crippen LogP contribution in [-0.2, 0) is 0 Å². The third-order valence-electron chi connectivity index (χ3n) is 2.77. The molecule has 0 saturated carbocycles. The zero-order valence-electron chi connectivity index (χ0n) is 11.3. The molecule has 0 aliphatic carbocycles. The summed E-state index contributed by atoms with van der Waals surface area (Å²) in [5, 5.41) is 2.88. The molecular weight excluding hydrogens is 248 g/mol. The van der Waals surface area contributed by atoms with Crippen LogP contribution in [0.5, 0.6) is 0 Å². The van der Waals surface area contributed by atoms with Crippen LogP contribution in [0.4, 0.5) is 5.69 Å². The topological polar surface area (TPSA) is 55.1 Å².